The van der Waals surface area contributed by atoms with Crippen molar-refractivity contribution in [1.29, 1.82) is 0 Å². The number of hydrogen-bond donors (Lipinski definition) is 1. The molecule has 0 saturated carbocycles. The van der Waals surface area contributed by atoms with Gasteiger partial charge in [0.2, 0.25) is 0 Å². The monoisotopic (exact) mass is 259 g/mol. The van der Waals surface area contributed by atoms with E-state index < -0.39 is 5.97 Å². The number of likely N-dealkylation sites (tertiary alicyclic amines) is 1. The molecular weight excluding hydrogens is 242 g/mol. The molecule has 0 aliphatic carbocycles. The maximum Gasteiger partial charge on any atom is 0.137 e. The highest BCUT2D eigenvalue weighted by Gasteiger charge is 2.21. The van der Waals surface area contributed by atoms with Crippen LogP contribution in [0.1, 0.15) is 34.6 Å². The smallest absolute Gasteiger partial charge is 0.137 e. The molecule has 0 spiro atoms. The Morgan fingerprint density at radius 3 is 2.84 bits per heavy atom. The second-order valence-electron chi connectivity index (χ2n) is 5.26. The van der Waals surface area contributed by atoms with Gasteiger partial charge in [0.25, 0.3) is 0 Å². The number of aromatic nitrogens is 2. The molecule has 5 heteroatoms. The Labute approximate surface area is 111 Å². The number of quaternary nitrogens is 1. The second-order valence-corrected chi connectivity index (χ2v) is 5.26. The molecule has 0 radical (unpaired) electrons. The van der Waals surface area contributed by atoms with Crippen LogP contribution in [0.3, 0.4) is 0 Å². The van der Waals surface area contributed by atoms with Crippen LogP contribution >= 0.6 is 0 Å². The van der Waals surface area contributed by atoms with E-state index in [1.807, 2.05) is 29.7 Å². The summed E-state index contributed by atoms with van der Waals surface area (Å²) in [6, 6.07) is 3.79. The predicted molar refractivity (Wildman–Crippen MR) is 67.9 cm³/mol. The summed E-state index contributed by atoms with van der Waals surface area (Å²) in [4.78, 5) is 16.9. The summed E-state index contributed by atoms with van der Waals surface area (Å²) < 4.78 is 1.89. The summed E-state index contributed by atoms with van der Waals surface area (Å²) in [5.41, 5.74) is 2.62. The van der Waals surface area contributed by atoms with E-state index in [4.69, 9.17) is 0 Å². The van der Waals surface area contributed by atoms with Gasteiger partial charge in [0.1, 0.15) is 23.6 Å². The van der Waals surface area contributed by atoms with E-state index in [9.17, 15) is 9.90 Å². The number of aryl methyl sites for hydroxylation is 1. The fourth-order valence-corrected chi connectivity index (χ4v) is 2.82. The molecule has 2 aromatic rings. The summed E-state index contributed by atoms with van der Waals surface area (Å²) in [6.45, 7) is 4.90. The Balaban J connectivity index is 2.09. The average molecular weight is 259 g/mol. The summed E-state index contributed by atoms with van der Waals surface area (Å²) >= 11 is 0. The highest BCUT2D eigenvalue weighted by atomic mass is 16.4. The van der Waals surface area contributed by atoms with Gasteiger partial charge in [0, 0.05) is 19.0 Å². The number of nitrogens with one attached hydrogen (secondary N) is 1. The first-order valence-corrected chi connectivity index (χ1v) is 6.67. The third-order valence-electron chi connectivity index (χ3n) is 3.79. The van der Waals surface area contributed by atoms with Gasteiger partial charge in [0.05, 0.1) is 19.1 Å². The number of hydrogen-bond acceptors (Lipinski definition) is 3. The van der Waals surface area contributed by atoms with Crippen molar-refractivity contribution >= 4 is 11.6 Å². The third kappa shape index (κ3) is 2.21. The molecule has 0 amide bonds. The van der Waals surface area contributed by atoms with Crippen molar-refractivity contribution in [3.05, 3.63) is 35.3 Å². The summed E-state index contributed by atoms with van der Waals surface area (Å²) in [6.07, 6.45) is 4.37. The van der Waals surface area contributed by atoms with Gasteiger partial charge in [-0.2, -0.15) is 0 Å². The number of fused-ring (bicyclic) bond motifs is 1. The van der Waals surface area contributed by atoms with E-state index in [0.717, 1.165) is 24.3 Å². The standard InChI is InChI=1S/C14H17N3O2/c1-10-4-5-12-15-13(14(18)19)11(17(12)8-10)9-16-6-2-3-7-16/h4-5,8H,2-3,6-7,9H2,1H3,(H,18,19). The number of pyridine rings is 1. The molecule has 100 valence electrons. The van der Waals surface area contributed by atoms with Gasteiger partial charge in [-0.1, -0.05) is 6.07 Å². The first-order chi connectivity index (χ1) is 9.15. The average Bonchev–Trinajstić information content (AvgIpc) is 2.98. The number of carbonyl (C=O) groups excluding carboxylic acids is 1. The molecule has 1 aliphatic rings. The molecule has 1 fully saturated rings. The molecule has 5 nitrogen and oxygen atoms in total. The van der Waals surface area contributed by atoms with Gasteiger partial charge in [0.15, 0.2) is 0 Å². The first-order valence-electron chi connectivity index (χ1n) is 6.67. The van der Waals surface area contributed by atoms with Crippen LogP contribution in [0.25, 0.3) is 5.65 Å². The fraction of sp³-hybridized carbons (Fsp3) is 0.429. The Bertz CT molecular complexity index is 627. The van der Waals surface area contributed by atoms with E-state index in [1.54, 1.807) is 0 Å². The topological polar surface area (TPSA) is 61.9 Å². The largest absolute Gasteiger partial charge is 0.543 e. The van der Waals surface area contributed by atoms with Gasteiger partial charge in [-0.3, -0.25) is 4.40 Å². The lowest BCUT2D eigenvalue weighted by Crippen LogP contribution is -3.08. The molecule has 3 heterocycles. The maximum absolute atomic E-state index is 11.3. The molecule has 3 rings (SSSR count). The molecular formula is C14H17N3O2. The van der Waals surface area contributed by atoms with Gasteiger partial charge in [-0.15, -0.1) is 0 Å². The fourth-order valence-electron chi connectivity index (χ4n) is 2.82. The molecule has 1 aliphatic heterocycles. The van der Waals surface area contributed by atoms with Gasteiger partial charge >= 0.3 is 0 Å². The van der Waals surface area contributed by atoms with E-state index in [-0.39, 0.29) is 5.69 Å². The number of carboxylic acid groups (broad SMARTS) is 1. The van der Waals surface area contributed by atoms with Crippen molar-refractivity contribution in [3.8, 4) is 0 Å². The minimum absolute atomic E-state index is 0.0880. The lowest BCUT2D eigenvalue weighted by molar-refractivity contribution is -0.901. The molecule has 1 saturated heterocycles. The van der Waals surface area contributed by atoms with Crippen LogP contribution in [0.5, 0.6) is 0 Å². The molecule has 19 heavy (non-hydrogen) atoms. The van der Waals surface area contributed by atoms with E-state index >= 15 is 0 Å². The van der Waals surface area contributed by atoms with E-state index in [1.165, 1.54) is 17.7 Å². The zero-order chi connectivity index (χ0) is 13.4. The summed E-state index contributed by atoms with van der Waals surface area (Å²) in [7, 11) is 0. The molecule has 2 aromatic heterocycles. The van der Waals surface area contributed by atoms with Gasteiger partial charge < -0.3 is 14.8 Å². The number of carboxylic acids is 1. The van der Waals surface area contributed by atoms with Crippen molar-refractivity contribution in [2.45, 2.75) is 26.3 Å². The van der Waals surface area contributed by atoms with Crippen molar-refractivity contribution in [3.63, 3.8) is 0 Å². The van der Waals surface area contributed by atoms with Crippen molar-refractivity contribution in [2.24, 2.45) is 0 Å². The summed E-state index contributed by atoms with van der Waals surface area (Å²) in [5.74, 6) is -1.19. The molecule has 1 N–H and O–H groups in total. The minimum Gasteiger partial charge on any atom is -0.543 e. The lowest BCUT2D eigenvalue weighted by Gasteiger charge is -2.13. The van der Waals surface area contributed by atoms with E-state index in [0.29, 0.717) is 12.2 Å². The SMILES string of the molecule is Cc1ccc2nc(C(=O)[O-])c(C[NH+]3CCCC3)n2c1. The van der Waals surface area contributed by atoms with Gasteiger partial charge in [-0.05, 0) is 18.6 Å². The zero-order valence-electron chi connectivity index (χ0n) is 11.0. The Kier molecular flexibility index (Phi) is 2.98. The highest BCUT2D eigenvalue weighted by Crippen LogP contribution is 2.13. The lowest BCUT2D eigenvalue weighted by atomic mass is 10.3. The van der Waals surface area contributed by atoms with Crippen molar-refractivity contribution in [1.82, 2.24) is 9.38 Å². The van der Waals surface area contributed by atoms with Crippen LogP contribution < -0.4 is 10.0 Å². The van der Waals surface area contributed by atoms with Crippen molar-refractivity contribution < 1.29 is 14.8 Å². The Morgan fingerprint density at radius 2 is 2.16 bits per heavy atom. The van der Waals surface area contributed by atoms with Crippen LogP contribution in [0.15, 0.2) is 18.3 Å². The number of aromatic carboxylic acids is 1. The highest BCUT2D eigenvalue weighted by molar-refractivity contribution is 5.86. The first kappa shape index (κ1) is 12.2. The molecule has 0 aromatic carbocycles. The van der Waals surface area contributed by atoms with Crippen LogP contribution in [0, 0.1) is 6.92 Å². The van der Waals surface area contributed by atoms with Crippen LogP contribution in [-0.2, 0) is 6.54 Å². The maximum atomic E-state index is 11.3. The Hall–Kier alpha value is -1.88. The quantitative estimate of drug-likeness (QED) is 0.784. The zero-order valence-corrected chi connectivity index (χ0v) is 11.0. The second kappa shape index (κ2) is 4.66. The van der Waals surface area contributed by atoms with Crippen LogP contribution in [0.2, 0.25) is 0 Å². The van der Waals surface area contributed by atoms with E-state index in [2.05, 4.69) is 4.98 Å². The minimum atomic E-state index is -1.19. The summed E-state index contributed by atoms with van der Waals surface area (Å²) in [5, 5.41) is 11.3. The van der Waals surface area contributed by atoms with Gasteiger partial charge in [-0.25, -0.2) is 4.98 Å². The van der Waals surface area contributed by atoms with Crippen molar-refractivity contribution in [2.75, 3.05) is 13.1 Å². The van der Waals surface area contributed by atoms with Crippen LogP contribution in [0.4, 0.5) is 0 Å². The number of carbonyl (C=O) groups is 1. The number of nitrogens with zero attached hydrogens (tertiary/aromatic N) is 2. The molecule has 0 bridgehead atoms. The normalized spacial score (nSPS) is 16.3. The Morgan fingerprint density at radius 1 is 1.42 bits per heavy atom. The molecule has 0 unspecified atom stereocenters. The number of rotatable bonds is 3. The predicted octanol–water partition coefficient (Wildman–Crippen LogP) is -0.815. The third-order valence-corrected chi connectivity index (χ3v) is 3.79. The molecule has 0 atom stereocenters. The van der Waals surface area contributed by atoms with Crippen LogP contribution in [-0.4, -0.2) is 28.4 Å². The number of imidazole rings is 1.